The van der Waals surface area contributed by atoms with Gasteiger partial charge in [-0.2, -0.15) is 13.2 Å². The minimum absolute atomic E-state index is 0.239. The maximum absolute atomic E-state index is 12.9. The first-order chi connectivity index (χ1) is 10.8. The molecule has 0 radical (unpaired) electrons. The van der Waals surface area contributed by atoms with Crippen LogP contribution in [0.15, 0.2) is 24.3 Å². The number of aliphatic hydroxyl groups is 1. The molecular weight excluding hydrogens is 311 g/mol. The van der Waals surface area contributed by atoms with E-state index in [0.29, 0.717) is 32.7 Å². The molecule has 2 rings (SSSR count). The Labute approximate surface area is 132 Å². The van der Waals surface area contributed by atoms with Gasteiger partial charge in [-0.05, 0) is 19.1 Å². The number of piperazine rings is 1. The van der Waals surface area contributed by atoms with E-state index in [9.17, 15) is 23.1 Å². The van der Waals surface area contributed by atoms with E-state index < -0.39 is 23.9 Å². The molecule has 2 amide bonds. The highest BCUT2D eigenvalue weighted by atomic mass is 19.4. The number of para-hydroxylation sites is 1. The lowest BCUT2D eigenvalue weighted by Gasteiger charge is -2.35. The molecule has 1 aliphatic rings. The van der Waals surface area contributed by atoms with Crippen molar-refractivity contribution in [2.45, 2.75) is 19.2 Å². The zero-order chi connectivity index (χ0) is 17.0. The Kier molecular flexibility index (Phi) is 5.48. The summed E-state index contributed by atoms with van der Waals surface area (Å²) >= 11 is 0. The van der Waals surface area contributed by atoms with Gasteiger partial charge in [-0.15, -0.1) is 0 Å². The maximum Gasteiger partial charge on any atom is 0.418 e. The normalized spacial score (nSPS) is 17.9. The average Bonchev–Trinajstić information content (AvgIpc) is 2.46. The number of urea groups is 1. The van der Waals surface area contributed by atoms with Crippen molar-refractivity contribution in [1.82, 2.24) is 9.80 Å². The number of β-amino-alcohol motifs (C(OH)–C–C–N with tert-alkyl or cyclic N) is 1. The van der Waals surface area contributed by atoms with Crippen LogP contribution in [0.4, 0.5) is 23.7 Å². The van der Waals surface area contributed by atoms with Crippen molar-refractivity contribution < 1.29 is 23.1 Å². The second kappa shape index (κ2) is 7.18. The summed E-state index contributed by atoms with van der Waals surface area (Å²) in [5.41, 5.74) is -1.10. The summed E-state index contributed by atoms with van der Waals surface area (Å²) in [4.78, 5) is 15.6. The highest BCUT2D eigenvalue weighted by Crippen LogP contribution is 2.34. The number of alkyl halides is 3. The lowest BCUT2D eigenvalue weighted by Crippen LogP contribution is -2.51. The van der Waals surface area contributed by atoms with E-state index >= 15 is 0 Å². The van der Waals surface area contributed by atoms with Gasteiger partial charge in [0.1, 0.15) is 0 Å². The number of anilines is 1. The van der Waals surface area contributed by atoms with Crippen LogP contribution in [0, 0.1) is 0 Å². The van der Waals surface area contributed by atoms with Crippen molar-refractivity contribution in [3.63, 3.8) is 0 Å². The third-order valence-corrected chi connectivity index (χ3v) is 3.66. The van der Waals surface area contributed by atoms with E-state index in [0.717, 1.165) is 6.07 Å². The predicted molar refractivity (Wildman–Crippen MR) is 80.2 cm³/mol. The molecule has 8 heteroatoms. The minimum Gasteiger partial charge on any atom is -0.392 e. The lowest BCUT2D eigenvalue weighted by atomic mass is 10.1. The molecular formula is C15H20F3N3O2. The van der Waals surface area contributed by atoms with Gasteiger partial charge in [0.15, 0.2) is 0 Å². The van der Waals surface area contributed by atoms with Crippen molar-refractivity contribution in [3.8, 4) is 0 Å². The molecule has 0 spiro atoms. The third-order valence-electron chi connectivity index (χ3n) is 3.66. The molecule has 0 saturated carbocycles. The SMILES string of the molecule is CC(O)CN1CCN(C(=O)Nc2ccccc2C(F)(F)F)CC1. The van der Waals surface area contributed by atoms with Crippen LogP contribution in [0.5, 0.6) is 0 Å². The Morgan fingerprint density at radius 1 is 1.26 bits per heavy atom. The Balaban J connectivity index is 1.96. The Morgan fingerprint density at radius 3 is 2.43 bits per heavy atom. The topological polar surface area (TPSA) is 55.8 Å². The molecule has 1 atom stereocenters. The number of nitrogens with zero attached hydrogens (tertiary/aromatic N) is 2. The first kappa shape index (κ1) is 17.6. The van der Waals surface area contributed by atoms with Gasteiger partial charge in [0.25, 0.3) is 0 Å². The Morgan fingerprint density at radius 2 is 1.87 bits per heavy atom. The van der Waals surface area contributed by atoms with E-state index in [1.807, 2.05) is 4.90 Å². The largest absolute Gasteiger partial charge is 0.418 e. The van der Waals surface area contributed by atoms with E-state index in [4.69, 9.17) is 0 Å². The summed E-state index contributed by atoms with van der Waals surface area (Å²) in [6, 6.07) is 4.37. The van der Waals surface area contributed by atoms with Gasteiger partial charge < -0.3 is 15.3 Å². The van der Waals surface area contributed by atoms with Crippen LogP contribution in [0.25, 0.3) is 0 Å². The molecule has 0 aliphatic carbocycles. The summed E-state index contributed by atoms with van der Waals surface area (Å²) < 4.78 is 38.8. The number of rotatable bonds is 3. The molecule has 0 bridgehead atoms. The molecule has 23 heavy (non-hydrogen) atoms. The first-order valence-corrected chi connectivity index (χ1v) is 7.40. The summed E-state index contributed by atoms with van der Waals surface area (Å²) in [5.74, 6) is 0. The van der Waals surface area contributed by atoms with Gasteiger partial charge in [0.05, 0.1) is 17.4 Å². The molecule has 1 aliphatic heterocycles. The van der Waals surface area contributed by atoms with Gasteiger partial charge in [-0.1, -0.05) is 12.1 Å². The summed E-state index contributed by atoms with van der Waals surface area (Å²) in [6.07, 6.45) is -4.96. The van der Waals surface area contributed by atoms with Crippen molar-refractivity contribution >= 4 is 11.7 Å². The number of nitrogens with one attached hydrogen (secondary N) is 1. The molecule has 1 aromatic carbocycles. The van der Waals surface area contributed by atoms with Gasteiger partial charge in [-0.25, -0.2) is 4.79 Å². The van der Waals surface area contributed by atoms with Crippen molar-refractivity contribution in [3.05, 3.63) is 29.8 Å². The second-order valence-corrected chi connectivity index (χ2v) is 5.61. The molecule has 1 unspecified atom stereocenters. The summed E-state index contributed by atoms with van der Waals surface area (Å²) in [7, 11) is 0. The molecule has 1 heterocycles. The average molecular weight is 331 g/mol. The molecule has 5 nitrogen and oxygen atoms in total. The quantitative estimate of drug-likeness (QED) is 0.893. The van der Waals surface area contributed by atoms with Crippen LogP contribution in [0.1, 0.15) is 12.5 Å². The van der Waals surface area contributed by atoms with Crippen molar-refractivity contribution in [2.75, 3.05) is 38.0 Å². The summed E-state index contributed by atoms with van der Waals surface area (Å²) in [6.45, 7) is 4.19. The Bertz CT molecular complexity index is 541. The molecule has 1 fully saturated rings. The molecule has 1 saturated heterocycles. The van der Waals surface area contributed by atoms with Crippen molar-refractivity contribution in [2.24, 2.45) is 0 Å². The smallest absolute Gasteiger partial charge is 0.392 e. The molecule has 128 valence electrons. The van der Waals surface area contributed by atoms with Crippen LogP contribution in [-0.2, 0) is 6.18 Å². The van der Waals surface area contributed by atoms with E-state index in [-0.39, 0.29) is 5.69 Å². The van der Waals surface area contributed by atoms with Gasteiger partial charge >= 0.3 is 12.2 Å². The highest BCUT2D eigenvalue weighted by Gasteiger charge is 2.34. The highest BCUT2D eigenvalue weighted by molar-refractivity contribution is 5.90. The molecule has 1 aromatic rings. The predicted octanol–water partition coefficient (Wildman–Crippen LogP) is 2.24. The van der Waals surface area contributed by atoms with E-state index in [2.05, 4.69) is 5.32 Å². The van der Waals surface area contributed by atoms with E-state index in [1.54, 1.807) is 6.92 Å². The number of carbonyl (C=O) groups excluding carboxylic acids is 1. The van der Waals surface area contributed by atoms with Crippen LogP contribution < -0.4 is 5.32 Å². The number of hydrogen-bond donors (Lipinski definition) is 2. The fraction of sp³-hybridized carbons (Fsp3) is 0.533. The van der Waals surface area contributed by atoms with Crippen LogP contribution in [0.3, 0.4) is 0 Å². The minimum atomic E-state index is -4.51. The van der Waals surface area contributed by atoms with E-state index in [1.165, 1.54) is 23.1 Å². The number of halogens is 3. The zero-order valence-electron chi connectivity index (χ0n) is 12.8. The molecule has 2 N–H and O–H groups in total. The second-order valence-electron chi connectivity index (χ2n) is 5.61. The Hall–Kier alpha value is -1.80. The number of benzene rings is 1. The van der Waals surface area contributed by atoms with Gasteiger partial charge in [0.2, 0.25) is 0 Å². The van der Waals surface area contributed by atoms with Crippen LogP contribution in [-0.4, -0.2) is 59.8 Å². The maximum atomic E-state index is 12.9. The fourth-order valence-corrected chi connectivity index (χ4v) is 2.54. The number of hydrogen-bond acceptors (Lipinski definition) is 3. The fourth-order valence-electron chi connectivity index (χ4n) is 2.54. The third kappa shape index (κ3) is 4.84. The van der Waals surface area contributed by atoms with Crippen LogP contribution >= 0.6 is 0 Å². The van der Waals surface area contributed by atoms with Gasteiger partial charge in [-0.3, -0.25) is 4.90 Å². The number of amides is 2. The molecule has 0 aromatic heterocycles. The lowest BCUT2D eigenvalue weighted by molar-refractivity contribution is -0.136. The number of aliphatic hydroxyl groups excluding tert-OH is 1. The number of carbonyl (C=O) groups is 1. The first-order valence-electron chi connectivity index (χ1n) is 7.40. The van der Waals surface area contributed by atoms with Gasteiger partial charge in [0, 0.05) is 32.7 Å². The van der Waals surface area contributed by atoms with Crippen molar-refractivity contribution in [1.29, 1.82) is 0 Å². The standard InChI is InChI=1S/C15H20F3N3O2/c1-11(22)10-20-6-8-21(9-7-20)14(23)19-13-5-3-2-4-12(13)15(16,17)18/h2-5,11,22H,6-10H2,1H3,(H,19,23). The zero-order valence-corrected chi connectivity index (χ0v) is 12.8. The van der Waals surface area contributed by atoms with Crippen LogP contribution in [0.2, 0.25) is 0 Å². The summed E-state index contributed by atoms with van der Waals surface area (Å²) in [5, 5.41) is 11.7. The monoisotopic (exact) mass is 331 g/mol.